The lowest BCUT2D eigenvalue weighted by Gasteiger charge is -2.17. The number of nitrogens with zero attached hydrogens (tertiary/aromatic N) is 1. The standard InChI is InChI=1S/C23H19ClN2OS/c1-15(27)25-19-9-5-6-16(13-19)21-14-23(17-7-4-8-18(24)12-17)28-22-11-3-2-10-20(22)26-21/h2-13,23H,14H2,1H3,(H,25,27). The van der Waals surface area contributed by atoms with Gasteiger partial charge in [0.25, 0.3) is 0 Å². The van der Waals surface area contributed by atoms with Gasteiger partial charge in [-0.15, -0.1) is 11.8 Å². The van der Waals surface area contributed by atoms with E-state index < -0.39 is 0 Å². The molecule has 140 valence electrons. The Labute approximate surface area is 173 Å². The van der Waals surface area contributed by atoms with Gasteiger partial charge in [-0.25, -0.2) is 0 Å². The van der Waals surface area contributed by atoms with Gasteiger partial charge in [-0.3, -0.25) is 9.79 Å². The van der Waals surface area contributed by atoms with Crippen LogP contribution < -0.4 is 5.32 Å². The number of nitrogens with one attached hydrogen (secondary N) is 1. The van der Waals surface area contributed by atoms with E-state index in [-0.39, 0.29) is 11.2 Å². The van der Waals surface area contributed by atoms with E-state index in [9.17, 15) is 4.79 Å². The lowest BCUT2D eigenvalue weighted by atomic mass is 10.0. The first kappa shape index (κ1) is 18.8. The summed E-state index contributed by atoms with van der Waals surface area (Å²) in [5.41, 5.74) is 4.93. The lowest BCUT2D eigenvalue weighted by molar-refractivity contribution is -0.114. The van der Waals surface area contributed by atoms with Gasteiger partial charge in [0.05, 0.1) is 5.69 Å². The zero-order valence-electron chi connectivity index (χ0n) is 15.4. The van der Waals surface area contributed by atoms with Crippen LogP contribution >= 0.6 is 23.4 Å². The normalized spacial score (nSPS) is 15.9. The minimum absolute atomic E-state index is 0.0855. The summed E-state index contributed by atoms with van der Waals surface area (Å²) in [5.74, 6) is -0.0855. The molecule has 0 aliphatic carbocycles. The van der Waals surface area contributed by atoms with E-state index in [1.165, 1.54) is 12.5 Å². The van der Waals surface area contributed by atoms with Gasteiger partial charge in [0.1, 0.15) is 0 Å². The van der Waals surface area contributed by atoms with Gasteiger partial charge in [-0.1, -0.05) is 48.0 Å². The van der Waals surface area contributed by atoms with E-state index in [0.717, 1.165) is 39.0 Å². The summed E-state index contributed by atoms with van der Waals surface area (Å²) in [4.78, 5) is 17.6. The van der Waals surface area contributed by atoms with Crippen molar-refractivity contribution in [3.8, 4) is 0 Å². The highest BCUT2D eigenvalue weighted by Gasteiger charge is 2.22. The molecule has 1 heterocycles. The number of anilines is 1. The van der Waals surface area contributed by atoms with Crippen molar-refractivity contribution in [3.63, 3.8) is 0 Å². The van der Waals surface area contributed by atoms with Crippen LogP contribution in [0, 0.1) is 0 Å². The first-order valence-corrected chi connectivity index (χ1v) is 10.3. The first-order chi connectivity index (χ1) is 13.6. The molecule has 5 heteroatoms. The largest absolute Gasteiger partial charge is 0.326 e. The fourth-order valence-corrected chi connectivity index (χ4v) is 4.69. The fraction of sp³-hybridized carbons (Fsp3) is 0.130. The topological polar surface area (TPSA) is 41.5 Å². The highest BCUT2D eigenvalue weighted by molar-refractivity contribution is 7.99. The molecule has 28 heavy (non-hydrogen) atoms. The third kappa shape index (κ3) is 4.29. The Kier molecular flexibility index (Phi) is 5.51. The third-order valence-corrected chi connectivity index (χ3v) is 6.06. The number of benzene rings is 3. The van der Waals surface area contributed by atoms with E-state index in [2.05, 4.69) is 17.4 Å². The monoisotopic (exact) mass is 406 g/mol. The number of halogens is 1. The Bertz CT molecular complexity index is 1060. The highest BCUT2D eigenvalue weighted by Crippen LogP contribution is 2.45. The van der Waals surface area contributed by atoms with E-state index in [4.69, 9.17) is 16.6 Å². The molecule has 0 spiro atoms. The first-order valence-electron chi connectivity index (χ1n) is 9.05. The van der Waals surface area contributed by atoms with Crippen molar-refractivity contribution in [1.82, 2.24) is 0 Å². The molecular weight excluding hydrogens is 388 g/mol. The smallest absolute Gasteiger partial charge is 0.221 e. The number of fused-ring (bicyclic) bond motifs is 1. The molecular formula is C23H19ClN2OS. The Morgan fingerprint density at radius 1 is 1.07 bits per heavy atom. The van der Waals surface area contributed by atoms with Gasteiger partial charge in [-0.05, 0) is 47.5 Å². The minimum Gasteiger partial charge on any atom is -0.326 e. The average molecular weight is 407 g/mol. The van der Waals surface area contributed by atoms with Crippen molar-refractivity contribution >= 4 is 46.4 Å². The van der Waals surface area contributed by atoms with Gasteiger partial charge in [0.15, 0.2) is 0 Å². The molecule has 0 radical (unpaired) electrons. The quantitative estimate of drug-likeness (QED) is 0.528. The zero-order chi connectivity index (χ0) is 19.5. The van der Waals surface area contributed by atoms with Crippen LogP contribution in [0.1, 0.15) is 29.7 Å². The summed E-state index contributed by atoms with van der Waals surface area (Å²) < 4.78 is 0. The fourth-order valence-electron chi connectivity index (χ4n) is 3.27. The van der Waals surface area contributed by atoms with Gasteiger partial charge in [0, 0.05) is 39.9 Å². The molecule has 0 saturated carbocycles. The molecule has 0 fully saturated rings. The van der Waals surface area contributed by atoms with E-state index >= 15 is 0 Å². The molecule has 1 N–H and O–H groups in total. The number of aliphatic imine (C=N–C) groups is 1. The molecule has 1 atom stereocenters. The molecule has 0 aromatic heterocycles. The summed E-state index contributed by atoms with van der Waals surface area (Å²) in [5, 5.41) is 3.79. The number of hydrogen-bond donors (Lipinski definition) is 1. The van der Waals surface area contributed by atoms with Crippen LogP contribution in [0.15, 0.2) is 82.7 Å². The van der Waals surface area contributed by atoms with Crippen LogP contribution in [0.2, 0.25) is 5.02 Å². The second-order valence-electron chi connectivity index (χ2n) is 6.65. The van der Waals surface area contributed by atoms with Crippen LogP contribution in [0.25, 0.3) is 0 Å². The molecule has 0 saturated heterocycles. The van der Waals surface area contributed by atoms with Crippen molar-refractivity contribution in [2.24, 2.45) is 4.99 Å². The number of rotatable bonds is 3. The summed E-state index contributed by atoms with van der Waals surface area (Å²) in [6.07, 6.45) is 0.767. The SMILES string of the molecule is CC(=O)Nc1cccc(C2=Nc3ccccc3SC(c3cccc(Cl)c3)C2)c1. The molecule has 3 aromatic rings. The maximum absolute atomic E-state index is 11.4. The van der Waals surface area contributed by atoms with Gasteiger partial charge >= 0.3 is 0 Å². The highest BCUT2D eigenvalue weighted by atomic mass is 35.5. The minimum atomic E-state index is -0.0855. The van der Waals surface area contributed by atoms with Gasteiger partial charge in [0.2, 0.25) is 5.91 Å². The second kappa shape index (κ2) is 8.21. The van der Waals surface area contributed by atoms with Gasteiger partial charge < -0.3 is 5.32 Å². The number of thioether (sulfide) groups is 1. The zero-order valence-corrected chi connectivity index (χ0v) is 16.9. The number of para-hydroxylation sites is 1. The Balaban J connectivity index is 1.77. The Hall–Kier alpha value is -2.56. The van der Waals surface area contributed by atoms with Crippen molar-refractivity contribution in [3.05, 3.63) is 88.9 Å². The maximum atomic E-state index is 11.4. The molecule has 1 unspecified atom stereocenters. The molecule has 1 aliphatic rings. The molecule has 3 nitrogen and oxygen atoms in total. The number of amides is 1. The molecule has 0 bridgehead atoms. The summed E-state index contributed by atoms with van der Waals surface area (Å²) in [6, 6.07) is 24.1. The van der Waals surface area contributed by atoms with Crippen molar-refractivity contribution in [2.75, 3.05) is 5.32 Å². The summed E-state index contributed by atoms with van der Waals surface area (Å²) >= 11 is 8.06. The van der Waals surface area contributed by atoms with Crippen LogP contribution in [-0.2, 0) is 4.79 Å². The second-order valence-corrected chi connectivity index (χ2v) is 8.33. The van der Waals surface area contributed by atoms with Crippen molar-refractivity contribution in [1.29, 1.82) is 0 Å². The van der Waals surface area contributed by atoms with Crippen LogP contribution in [0.3, 0.4) is 0 Å². The van der Waals surface area contributed by atoms with Gasteiger partial charge in [-0.2, -0.15) is 0 Å². The lowest BCUT2D eigenvalue weighted by Crippen LogP contribution is -2.09. The Morgan fingerprint density at radius 2 is 1.89 bits per heavy atom. The average Bonchev–Trinajstić information content (AvgIpc) is 2.87. The van der Waals surface area contributed by atoms with Crippen molar-refractivity contribution < 1.29 is 4.79 Å². The molecule has 3 aromatic carbocycles. The van der Waals surface area contributed by atoms with Crippen LogP contribution in [0.5, 0.6) is 0 Å². The van der Waals surface area contributed by atoms with Crippen LogP contribution in [-0.4, -0.2) is 11.6 Å². The summed E-state index contributed by atoms with van der Waals surface area (Å²) in [6.45, 7) is 1.51. The Morgan fingerprint density at radius 3 is 2.71 bits per heavy atom. The van der Waals surface area contributed by atoms with E-state index in [0.29, 0.717) is 0 Å². The summed E-state index contributed by atoms with van der Waals surface area (Å²) in [7, 11) is 0. The number of hydrogen-bond acceptors (Lipinski definition) is 3. The number of carbonyl (C=O) groups is 1. The number of carbonyl (C=O) groups excluding carboxylic acids is 1. The predicted octanol–water partition coefficient (Wildman–Crippen LogP) is 6.66. The molecule has 1 aliphatic heterocycles. The van der Waals surface area contributed by atoms with E-state index in [1.54, 1.807) is 0 Å². The molecule has 1 amide bonds. The van der Waals surface area contributed by atoms with E-state index in [1.807, 2.05) is 72.4 Å². The van der Waals surface area contributed by atoms with Crippen molar-refractivity contribution in [2.45, 2.75) is 23.5 Å². The predicted molar refractivity (Wildman–Crippen MR) is 118 cm³/mol. The molecule has 4 rings (SSSR count). The van der Waals surface area contributed by atoms with Crippen LogP contribution in [0.4, 0.5) is 11.4 Å². The maximum Gasteiger partial charge on any atom is 0.221 e. The third-order valence-electron chi connectivity index (χ3n) is 4.51.